The Morgan fingerprint density at radius 2 is 2.05 bits per heavy atom. The second-order valence-corrected chi connectivity index (χ2v) is 8.08. The zero-order valence-corrected chi connectivity index (χ0v) is 15.1. The maximum atomic E-state index is 12.8. The highest BCUT2D eigenvalue weighted by Crippen LogP contribution is 2.22. The fourth-order valence-electron chi connectivity index (χ4n) is 2.04. The molecule has 0 aromatic heterocycles. The predicted molar refractivity (Wildman–Crippen MR) is 91.4 cm³/mol. The lowest BCUT2D eigenvalue weighted by atomic mass is 10.1. The van der Waals surface area contributed by atoms with E-state index >= 15 is 0 Å². The first-order chi connectivity index (χ1) is 9.84. The molecule has 1 aromatic rings. The van der Waals surface area contributed by atoms with E-state index in [1.807, 2.05) is 39.2 Å². The Morgan fingerprint density at radius 1 is 1.38 bits per heavy atom. The normalized spacial score (nSPS) is 13.6. The molecule has 0 aliphatic heterocycles. The summed E-state index contributed by atoms with van der Waals surface area (Å²) in [6.07, 6.45) is 1.99. The summed E-state index contributed by atoms with van der Waals surface area (Å²) in [7, 11) is -1.79. The van der Waals surface area contributed by atoms with Crippen LogP contribution >= 0.6 is 11.8 Å². The molecule has 0 amide bonds. The van der Waals surface area contributed by atoms with Gasteiger partial charge in [-0.1, -0.05) is 19.1 Å². The fourth-order valence-corrected chi connectivity index (χ4v) is 4.47. The van der Waals surface area contributed by atoms with Gasteiger partial charge in [0.05, 0.1) is 4.90 Å². The van der Waals surface area contributed by atoms with Gasteiger partial charge in [0.25, 0.3) is 0 Å². The van der Waals surface area contributed by atoms with E-state index in [9.17, 15) is 8.42 Å². The van der Waals surface area contributed by atoms with Crippen molar-refractivity contribution < 1.29 is 8.42 Å². The SMILES string of the molecule is CCNCc1ccc(C)c(S(=O)(=O)N(C)C(C)CSC)c1. The number of rotatable bonds is 8. The third kappa shape index (κ3) is 4.71. The predicted octanol–water partition coefficient (Wildman–Crippen LogP) is 2.48. The second kappa shape index (κ2) is 8.17. The highest BCUT2D eigenvalue weighted by Gasteiger charge is 2.26. The standard InChI is InChI=1S/C15H26N2O2S2/c1-6-16-10-14-8-7-12(2)15(9-14)21(18,19)17(4)13(3)11-20-5/h7-9,13,16H,6,10-11H2,1-5H3. The van der Waals surface area contributed by atoms with Gasteiger partial charge < -0.3 is 5.32 Å². The average Bonchev–Trinajstić information content (AvgIpc) is 2.45. The van der Waals surface area contributed by atoms with E-state index in [-0.39, 0.29) is 6.04 Å². The summed E-state index contributed by atoms with van der Waals surface area (Å²) < 4.78 is 27.1. The Labute approximate surface area is 133 Å². The van der Waals surface area contributed by atoms with Crippen molar-refractivity contribution in [2.24, 2.45) is 0 Å². The number of aryl methyl sites for hydroxylation is 1. The molecule has 6 heteroatoms. The van der Waals surface area contributed by atoms with Crippen LogP contribution in [-0.4, -0.2) is 44.4 Å². The van der Waals surface area contributed by atoms with Gasteiger partial charge in [0.15, 0.2) is 0 Å². The summed E-state index contributed by atoms with van der Waals surface area (Å²) in [5.74, 6) is 0.784. The van der Waals surface area contributed by atoms with E-state index in [2.05, 4.69) is 5.32 Å². The van der Waals surface area contributed by atoms with Crippen LogP contribution in [0.2, 0.25) is 0 Å². The van der Waals surface area contributed by atoms with Gasteiger partial charge in [-0.25, -0.2) is 8.42 Å². The maximum Gasteiger partial charge on any atom is 0.243 e. The zero-order valence-electron chi connectivity index (χ0n) is 13.5. The quantitative estimate of drug-likeness (QED) is 0.795. The van der Waals surface area contributed by atoms with Crippen LogP contribution in [0.25, 0.3) is 0 Å². The first-order valence-corrected chi connectivity index (χ1v) is 9.95. The fraction of sp³-hybridized carbons (Fsp3) is 0.600. The number of hydrogen-bond donors (Lipinski definition) is 1. The summed E-state index contributed by atoms with van der Waals surface area (Å²) in [5.41, 5.74) is 1.78. The summed E-state index contributed by atoms with van der Waals surface area (Å²) >= 11 is 1.65. The molecule has 0 saturated heterocycles. The molecule has 0 aliphatic carbocycles. The Hall–Kier alpha value is -0.560. The van der Waals surface area contributed by atoms with Gasteiger partial charge in [-0.15, -0.1) is 0 Å². The summed E-state index contributed by atoms with van der Waals surface area (Å²) in [6.45, 7) is 7.36. The molecule has 1 unspecified atom stereocenters. The molecule has 0 aliphatic rings. The first kappa shape index (κ1) is 18.5. The van der Waals surface area contributed by atoms with Gasteiger partial charge in [-0.05, 0) is 43.8 Å². The minimum absolute atomic E-state index is 0.0261. The molecule has 0 heterocycles. The molecule has 120 valence electrons. The average molecular weight is 331 g/mol. The van der Waals surface area contributed by atoms with E-state index in [4.69, 9.17) is 0 Å². The van der Waals surface area contributed by atoms with E-state index in [1.165, 1.54) is 4.31 Å². The Bertz CT molecular complexity index is 559. The summed E-state index contributed by atoms with van der Waals surface area (Å²) in [6, 6.07) is 5.62. The van der Waals surface area contributed by atoms with Crippen molar-refractivity contribution >= 4 is 21.8 Å². The maximum absolute atomic E-state index is 12.8. The van der Waals surface area contributed by atoms with Crippen molar-refractivity contribution in [3.05, 3.63) is 29.3 Å². The van der Waals surface area contributed by atoms with Crippen molar-refractivity contribution in [3.8, 4) is 0 Å². The van der Waals surface area contributed by atoms with E-state index < -0.39 is 10.0 Å². The molecule has 1 aromatic carbocycles. The highest BCUT2D eigenvalue weighted by atomic mass is 32.2. The Balaban J connectivity index is 3.12. The zero-order chi connectivity index (χ0) is 16.0. The molecule has 1 N–H and O–H groups in total. The van der Waals surface area contributed by atoms with Gasteiger partial charge in [0.2, 0.25) is 10.0 Å². The molecule has 0 fully saturated rings. The van der Waals surface area contributed by atoms with Crippen LogP contribution in [0.4, 0.5) is 0 Å². The Morgan fingerprint density at radius 3 is 2.62 bits per heavy atom. The molecular weight excluding hydrogens is 304 g/mol. The topological polar surface area (TPSA) is 49.4 Å². The number of sulfonamides is 1. The van der Waals surface area contributed by atoms with Crippen molar-refractivity contribution in [1.29, 1.82) is 0 Å². The molecule has 21 heavy (non-hydrogen) atoms. The molecule has 1 rings (SSSR count). The van der Waals surface area contributed by atoms with E-state index in [0.717, 1.165) is 23.4 Å². The lowest BCUT2D eigenvalue weighted by Gasteiger charge is -2.24. The van der Waals surface area contributed by atoms with Crippen LogP contribution in [0, 0.1) is 6.92 Å². The second-order valence-electron chi connectivity index (χ2n) is 5.21. The van der Waals surface area contributed by atoms with Gasteiger partial charge >= 0.3 is 0 Å². The van der Waals surface area contributed by atoms with Crippen LogP contribution in [-0.2, 0) is 16.6 Å². The lowest BCUT2D eigenvalue weighted by Crippen LogP contribution is -2.37. The number of nitrogens with zero attached hydrogens (tertiary/aromatic N) is 1. The molecule has 0 saturated carbocycles. The van der Waals surface area contributed by atoms with Gasteiger partial charge in [0, 0.05) is 25.4 Å². The highest BCUT2D eigenvalue weighted by molar-refractivity contribution is 7.98. The molecule has 0 spiro atoms. The lowest BCUT2D eigenvalue weighted by molar-refractivity contribution is 0.414. The summed E-state index contributed by atoms with van der Waals surface area (Å²) in [5, 5.41) is 3.22. The third-order valence-electron chi connectivity index (χ3n) is 3.52. The third-order valence-corrected chi connectivity index (χ3v) is 6.45. The van der Waals surface area contributed by atoms with Crippen LogP contribution in [0.3, 0.4) is 0 Å². The number of benzene rings is 1. The molecular formula is C15H26N2O2S2. The molecule has 4 nitrogen and oxygen atoms in total. The number of thioether (sulfide) groups is 1. The number of hydrogen-bond acceptors (Lipinski definition) is 4. The van der Waals surface area contributed by atoms with Gasteiger partial charge in [-0.3, -0.25) is 0 Å². The summed E-state index contributed by atoms with van der Waals surface area (Å²) in [4.78, 5) is 0.411. The molecule has 1 atom stereocenters. The Kier molecular flexibility index (Phi) is 7.20. The molecule has 0 bridgehead atoms. The van der Waals surface area contributed by atoms with Crippen molar-refractivity contribution in [3.63, 3.8) is 0 Å². The van der Waals surface area contributed by atoms with Crippen molar-refractivity contribution in [1.82, 2.24) is 9.62 Å². The van der Waals surface area contributed by atoms with Gasteiger partial charge in [-0.2, -0.15) is 16.1 Å². The first-order valence-electron chi connectivity index (χ1n) is 7.11. The monoisotopic (exact) mass is 330 g/mol. The van der Waals surface area contributed by atoms with Crippen LogP contribution < -0.4 is 5.32 Å². The van der Waals surface area contributed by atoms with Crippen LogP contribution in [0.5, 0.6) is 0 Å². The van der Waals surface area contributed by atoms with Crippen LogP contribution in [0.1, 0.15) is 25.0 Å². The minimum atomic E-state index is -3.45. The van der Waals surface area contributed by atoms with E-state index in [0.29, 0.717) is 11.4 Å². The van der Waals surface area contributed by atoms with Gasteiger partial charge in [0.1, 0.15) is 0 Å². The largest absolute Gasteiger partial charge is 0.313 e. The van der Waals surface area contributed by atoms with Crippen molar-refractivity contribution in [2.45, 2.75) is 38.3 Å². The van der Waals surface area contributed by atoms with E-state index in [1.54, 1.807) is 24.9 Å². The minimum Gasteiger partial charge on any atom is -0.313 e. The van der Waals surface area contributed by atoms with Crippen LogP contribution in [0.15, 0.2) is 23.1 Å². The smallest absolute Gasteiger partial charge is 0.243 e. The van der Waals surface area contributed by atoms with Crippen molar-refractivity contribution in [2.75, 3.05) is 25.6 Å². The molecule has 0 radical (unpaired) electrons. The number of nitrogens with one attached hydrogen (secondary N) is 1.